The van der Waals surface area contributed by atoms with Gasteiger partial charge in [-0.25, -0.2) is 0 Å². The van der Waals surface area contributed by atoms with Crippen LogP contribution in [0.2, 0.25) is 0 Å². The van der Waals surface area contributed by atoms with Gasteiger partial charge in [-0.05, 0) is 27.6 Å². The van der Waals surface area contributed by atoms with Crippen LogP contribution in [0.15, 0.2) is 11.6 Å². The highest BCUT2D eigenvalue weighted by atomic mass is 16.1. The summed E-state index contributed by atoms with van der Waals surface area (Å²) in [6, 6.07) is 0. The maximum atomic E-state index is 11.3. The Kier molecular flexibility index (Phi) is 3.63. The van der Waals surface area contributed by atoms with Crippen molar-refractivity contribution in [1.82, 2.24) is 9.80 Å². The Labute approximate surface area is 80.0 Å². The van der Waals surface area contributed by atoms with E-state index in [1.807, 2.05) is 26.0 Å². The number of likely N-dealkylation sites (tertiary alicyclic amines) is 1. The van der Waals surface area contributed by atoms with Crippen molar-refractivity contribution in [2.75, 3.05) is 40.8 Å². The Bertz CT molecular complexity index is 221. The van der Waals surface area contributed by atoms with E-state index in [4.69, 9.17) is 0 Å². The third kappa shape index (κ3) is 3.28. The quantitative estimate of drug-likeness (QED) is 0.589. The van der Waals surface area contributed by atoms with E-state index in [0.717, 1.165) is 25.1 Å². The number of ketones is 1. The number of likely N-dealkylation sites (N-methyl/N-ethyl adjacent to an activating group) is 1. The van der Waals surface area contributed by atoms with Crippen LogP contribution < -0.4 is 0 Å². The van der Waals surface area contributed by atoms with Crippen LogP contribution in [-0.4, -0.2) is 56.4 Å². The third-order valence-electron chi connectivity index (χ3n) is 2.18. The Morgan fingerprint density at radius 1 is 1.46 bits per heavy atom. The minimum Gasteiger partial charge on any atom is -0.309 e. The number of hydrogen-bond donors (Lipinski definition) is 0. The van der Waals surface area contributed by atoms with Gasteiger partial charge < -0.3 is 4.90 Å². The fourth-order valence-corrected chi connectivity index (χ4v) is 1.46. The molecule has 0 unspecified atom stereocenters. The van der Waals surface area contributed by atoms with Gasteiger partial charge in [0, 0.05) is 18.7 Å². The van der Waals surface area contributed by atoms with Gasteiger partial charge in [0.25, 0.3) is 0 Å². The summed E-state index contributed by atoms with van der Waals surface area (Å²) >= 11 is 0. The number of carbonyl (C=O) groups is 1. The molecule has 0 bridgehead atoms. The normalized spacial score (nSPS) is 22.2. The van der Waals surface area contributed by atoms with E-state index in [0.29, 0.717) is 12.3 Å². The third-order valence-corrected chi connectivity index (χ3v) is 2.18. The van der Waals surface area contributed by atoms with E-state index in [1.165, 1.54) is 0 Å². The minimum absolute atomic E-state index is 0.293. The van der Waals surface area contributed by atoms with Gasteiger partial charge >= 0.3 is 0 Å². The second-order valence-electron chi connectivity index (χ2n) is 3.92. The topological polar surface area (TPSA) is 23.6 Å². The molecule has 1 aliphatic heterocycles. The molecule has 13 heavy (non-hydrogen) atoms. The van der Waals surface area contributed by atoms with Gasteiger partial charge in [-0.3, -0.25) is 9.69 Å². The molecule has 3 heteroatoms. The van der Waals surface area contributed by atoms with E-state index in [2.05, 4.69) is 11.0 Å². The van der Waals surface area contributed by atoms with Crippen molar-refractivity contribution in [2.45, 2.75) is 6.42 Å². The molecule has 0 aromatic rings. The summed E-state index contributed by atoms with van der Waals surface area (Å²) in [6.45, 7) is 2.43. The first-order chi connectivity index (χ1) is 6.09. The lowest BCUT2D eigenvalue weighted by atomic mass is 10.2. The summed E-state index contributed by atoms with van der Waals surface area (Å²) < 4.78 is 0. The van der Waals surface area contributed by atoms with E-state index < -0.39 is 0 Å². The Morgan fingerprint density at radius 2 is 2.15 bits per heavy atom. The predicted molar refractivity (Wildman–Crippen MR) is 53.8 cm³/mol. The first-order valence-corrected chi connectivity index (χ1v) is 4.65. The second-order valence-corrected chi connectivity index (χ2v) is 3.92. The van der Waals surface area contributed by atoms with Crippen LogP contribution in [-0.2, 0) is 4.79 Å². The van der Waals surface area contributed by atoms with Gasteiger partial charge in [0.2, 0.25) is 0 Å². The molecular formula is C10H18N2O. The van der Waals surface area contributed by atoms with Crippen molar-refractivity contribution in [2.24, 2.45) is 0 Å². The smallest absolute Gasteiger partial charge is 0.173 e. The fourth-order valence-electron chi connectivity index (χ4n) is 1.46. The van der Waals surface area contributed by atoms with Crippen LogP contribution in [0.5, 0.6) is 0 Å². The highest BCUT2D eigenvalue weighted by Crippen LogP contribution is 2.09. The highest BCUT2D eigenvalue weighted by Gasteiger charge is 2.20. The van der Waals surface area contributed by atoms with E-state index in [-0.39, 0.29) is 0 Å². The number of nitrogens with zero attached hydrogens (tertiary/aromatic N) is 2. The summed E-state index contributed by atoms with van der Waals surface area (Å²) in [7, 11) is 6.06. The molecule has 1 saturated heterocycles. The predicted octanol–water partition coefficient (Wildman–Crippen LogP) is 0.379. The molecule has 1 aliphatic rings. The van der Waals surface area contributed by atoms with Crippen LogP contribution >= 0.6 is 0 Å². The summed E-state index contributed by atoms with van der Waals surface area (Å²) in [5.41, 5.74) is 0.990. The van der Waals surface area contributed by atoms with Crippen molar-refractivity contribution in [3.8, 4) is 0 Å². The van der Waals surface area contributed by atoms with Crippen LogP contribution in [0.25, 0.3) is 0 Å². The lowest BCUT2D eigenvalue weighted by Gasteiger charge is -2.06. The van der Waals surface area contributed by atoms with Gasteiger partial charge in [-0.1, -0.05) is 6.08 Å². The molecule has 0 amide bonds. The Morgan fingerprint density at radius 3 is 2.62 bits per heavy atom. The van der Waals surface area contributed by atoms with E-state index in [9.17, 15) is 4.79 Å². The van der Waals surface area contributed by atoms with Crippen molar-refractivity contribution >= 4 is 5.78 Å². The van der Waals surface area contributed by atoms with Crippen molar-refractivity contribution in [3.63, 3.8) is 0 Å². The number of rotatable bonds is 3. The zero-order chi connectivity index (χ0) is 9.84. The largest absolute Gasteiger partial charge is 0.309 e. The minimum atomic E-state index is 0.293. The molecule has 3 nitrogen and oxygen atoms in total. The van der Waals surface area contributed by atoms with Crippen molar-refractivity contribution in [1.29, 1.82) is 0 Å². The first-order valence-electron chi connectivity index (χ1n) is 4.65. The molecule has 1 heterocycles. The molecule has 0 spiro atoms. The summed E-state index contributed by atoms with van der Waals surface area (Å²) in [6.07, 6.45) is 3.05. The molecule has 0 atom stereocenters. The van der Waals surface area contributed by atoms with Crippen LogP contribution in [0.4, 0.5) is 0 Å². The zero-order valence-electron chi connectivity index (χ0n) is 8.71. The van der Waals surface area contributed by atoms with Gasteiger partial charge in [0.05, 0.1) is 6.54 Å². The van der Waals surface area contributed by atoms with E-state index in [1.54, 1.807) is 0 Å². The molecule has 0 saturated carbocycles. The maximum absolute atomic E-state index is 11.3. The molecule has 0 aromatic heterocycles. The van der Waals surface area contributed by atoms with Gasteiger partial charge in [-0.15, -0.1) is 0 Å². The molecule has 1 fully saturated rings. The molecule has 1 rings (SSSR count). The summed E-state index contributed by atoms with van der Waals surface area (Å²) in [4.78, 5) is 15.5. The maximum Gasteiger partial charge on any atom is 0.173 e. The zero-order valence-corrected chi connectivity index (χ0v) is 8.71. The first kappa shape index (κ1) is 10.4. The number of hydrogen-bond acceptors (Lipinski definition) is 3. The lowest BCUT2D eigenvalue weighted by Crippen LogP contribution is -2.13. The average Bonchev–Trinajstić information content (AvgIpc) is 2.29. The SMILES string of the molecule is CN(C)CC/C=C1/CN(C)CC1=O. The van der Waals surface area contributed by atoms with Crippen LogP contribution in [0.3, 0.4) is 0 Å². The molecular weight excluding hydrogens is 164 g/mol. The van der Waals surface area contributed by atoms with Gasteiger partial charge in [-0.2, -0.15) is 0 Å². The number of carbonyl (C=O) groups excluding carboxylic acids is 1. The molecule has 0 aliphatic carbocycles. The summed E-state index contributed by atoms with van der Waals surface area (Å²) in [5.74, 6) is 0.293. The second kappa shape index (κ2) is 4.53. The Hall–Kier alpha value is -0.670. The Balaban J connectivity index is 2.38. The van der Waals surface area contributed by atoms with Crippen molar-refractivity contribution < 1.29 is 4.79 Å². The van der Waals surface area contributed by atoms with E-state index >= 15 is 0 Å². The lowest BCUT2D eigenvalue weighted by molar-refractivity contribution is -0.114. The van der Waals surface area contributed by atoms with Crippen LogP contribution in [0, 0.1) is 0 Å². The fraction of sp³-hybridized carbons (Fsp3) is 0.700. The molecule has 74 valence electrons. The molecule has 0 aromatic carbocycles. The van der Waals surface area contributed by atoms with Gasteiger partial charge in [0.1, 0.15) is 0 Å². The summed E-state index contributed by atoms with van der Waals surface area (Å²) in [5, 5.41) is 0. The highest BCUT2D eigenvalue weighted by molar-refractivity contribution is 5.99. The number of Topliss-reactive ketones (excluding diaryl/α,β-unsaturated/α-hetero) is 1. The monoisotopic (exact) mass is 182 g/mol. The average molecular weight is 182 g/mol. The standard InChI is InChI=1S/C10H18N2O/c1-11(2)6-4-5-9-7-12(3)8-10(9)13/h5H,4,6-8H2,1-3H3/b9-5-. The van der Waals surface area contributed by atoms with Crippen molar-refractivity contribution in [3.05, 3.63) is 11.6 Å². The molecule has 0 radical (unpaired) electrons. The molecule has 0 N–H and O–H groups in total. The van der Waals surface area contributed by atoms with Crippen LogP contribution in [0.1, 0.15) is 6.42 Å². The van der Waals surface area contributed by atoms with Gasteiger partial charge in [0.15, 0.2) is 5.78 Å².